The summed E-state index contributed by atoms with van der Waals surface area (Å²) in [5, 5.41) is 6.12. The third-order valence-corrected chi connectivity index (χ3v) is 11.9. The summed E-state index contributed by atoms with van der Waals surface area (Å²) in [6.07, 6.45) is 3.61. The smallest absolute Gasteiger partial charge is 0.0900 e. The van der Waals surface area contributed by atoms with Crippen LogP contribution < -0.4 is 0 Å². The second-order valence-electron chi connectivity index (χ2n) is 14.2. The van der Waals surface area contributed by atoms with Gasteiger partial charge in [0.25, 0.3) is 0 Å². The van der Waals surface area contributed by atoms with E-state index in [-0.39, 0.29) is 0 Å². The molecule has 0 aliphatic heterocycles. The van der Waals surface area contributed by atoms with E-state index < -0.39 is 0 Å². The third-order valence-electron chi connectivity index (χ3n) is 10.8. The Hall–Kier alpha value is -7.34. The molecule has 0 aliphatic carbocycles. The van der Waals surface area contributed by atoms with E-state index in [1.165, 1.54) is 36.3 Å². The quantitative estimate of drug-likeness (QED) is 0.170. The molecule has 0 atom stereocenters. The predicted molar refractivity (Wildman–Crippen MR) is 238 cm³/mol. The average Bonchev–Trinajstić information content (AvgIpc) is 3.69. The highest BCUT2D eigenvalue weighted by molar-refractivity contribution is 7.26. The molecule has 266 valence electrons. The van der Waals surface area contributed by atoms with E-state index in [9.17, 15) is 0 Å². The zero-order valence-corrected chi connectivity index (χ0v) is 31.5. The fraction of sp³-hybridized carbons (Fsp3) is 0. The van der Waals surface area contributed by atoms with E-state index in [0.717, 1.165) is 72.9 Å². The maximum atomic E-state index is 5.61. The number of hydrogen-bond acceptors (Lipinski definition) is 5. The molecule has 0 saturated carbocycles. The van der Waals surface area contributed by atoms with Crippen molar-refractivity contribution in [3.05, 3.63) is 194 Å². The lowest BCUT2D eigenvalue weighted by Gasteiger charge is -2.14. The Morgan fingerprint density at radius 1 is 0.368 bits per heavy atom. The van der Waals surface area contributed by atoms with E-state index in [4.69, 9.17) is 9.97 Å². The van der Waals surface area contributed by atoms with Crippen LogP contribution in [0.15, 0.2) is 194 Å². The predicted octanol–water partition coefficient (Wildman–Crippen LogP) is 13.9. The normalized spacial score (nSPS) is 11.5. The molecule has 0 N–H and O–H groups in total. The van der Waals surface area contributed by atoms with Crippen LogP contribution in [0.2, 0.25) is 0 Å². The summed E-state index contributed by atoms with van der Waals surface area (Å²) in [5.41, 5.74) is 13.1. The molecule has 57 heavy (non-hydrogen) atoms. The van der Waals surface area contributed by atoms with Crippen molar-refractivity contribution >= 4 is 53.2 Å². The first kappa shape index (κ1) is 33.0. The molecule has 11 aromatic rings. The summed E-state index contributed by atoms with van der Waals surface area (Å²) in [6, 6.07) is 64.2. The molecule has 5 heterocycles. The van der Waals surface area contributed by atoms with Gasteiger partial charge in [-0.05, 0) is 93.2 Å². The first-order chi connectivity index (χ1) is 28.2. The summed E-state index contributed by atoms with van der Waals surface area (Å²) in [7, 11) is 0. The number of thiophene rings is 1. The molecule has 6 aromatic carbocycles. The Bertz CT molecular complexity index is 3240. The average molecular weight is 745 g/mol. The molecule has 5 heteroatoms. The van der Waals surface area contributed by atoms with Crippen LogP contribution in [0.1, 0.15) is 0 Å². The minimum atomic E-state index is 0.806. The topological polar surface area (TPSA) is 51.6 Å². The molecule has 11 rings (SSSR count). The van der Waals surface area contributed by atoms with Gasteiger partial charge >= 0.3 is 0 Å². The minimum absolute atomic E-state index is 0.806. The molecule has 0 saturated heterocycles. The molecule has 0 bridgehead atoms. The van der Waals surface area contributed by atoms with Crippen molar-refractivity contribution in [1.29, 1.82) is 0 Å². The number of hydrogen-bond donors (Lipinski definition) is 0. The van der Waals surface area contributed by atoms with E-state index in [0.29, 0.717) is 0 Å². The number of pyridine rings is 4. The minimum Gasteiger partial charge on any atom is -0.255 e. The van der Waals surface area contributed by atoms with Crippen molar-refractivity contribution in [2.24, 2.45) is 0 Å². The summed E-state index contributed by atoms with van der Waals surface area (Å²) in [6.45, 7) is 0. The van der Waals surface area contributed by atoms with Crippen molar-refractivity contribution in [1.82, 2.24) is 19.9 Å². The Morgan fingerprint density at radius 2 is 0.930 bits per heavy atom. The molecule has 0 unspecified atom stereocenters. The van der Waals surface area contributed by atoms with Crippen molar-refractivity contribution in [3.63, 3.8) is 0 Å². The number of rotatable bonds is 6. The Kier molecular flexibility index (Phi) is 7.97. The molecule has 0 fully saturated rings. The number of para-hydroxylation sites is 1. The number of fused-ring (bicyclic) bond motifs is 6. The van der Waals surface area contributed by atoms with E-state index >= 15 is 0 Å². The van der Waals surface area contributed by atoms with Gasteiger partial charge in [-0.15, -0.1) is 11.3 Å². The van der Waals surface area contributed by atoms with Gasteiger partial charge in [0.1, 0.15) is 0 Å². The summed E-state index contributed by atoms with van der Waals surface area (Å²) < 4.78 is 2.49. The van der Waals surface area contributed by atoms with Crippen LogP contribution in [0.4, 0.5) is 0 Å². The van der Waals surface area contributed by atoms with Gasteiger partial charge in [-0.3, -0.25) is 9.97 Å². The van der Waals surface area contributed by atoms with E-state index in [2.05, 4.69) is 156 Å². The second-order valence-corrected chi connectivity index (χ2v) is 15.3. The van der Waals surface area contributed by atoms with Gasteiger partial charge in [-0.25, -0.2) is 9.97 Å². The third kappa shape index (κ3) is 5.84. The van der Waals surface area contributed by atoms with Crippen molar-refractivity contribution in [2.45, 2.75) is 0 Å². The molecular formula is C52H32N4S. The maximum Gasteiger partial charge on any atom is 0.0900 e. The number of benzene rings is 6. The van der Waals surface area contributed by atoms with Gasteiger partial charge < -0.3 is 0 Å². The summed E-state index contributed by atoms with van der Waals surface area (Å²) in [4.78, 5) is 19.8. The van der Waals surface area contributed by atoms with Crippen LogP contribution in [0.25, 0.3) is 109 Å². The fourth-order valence-corrected chi connectivity index (χ4v) is 9.31. The largest absolute Gasteiger partial charge is 0.255 e. The van der Waals surface area contributed by atoms with Gasteiger partial charge in [0.05, 0.1) is 38.7 Å². The SMILES string of the molecule is c1ccc(-c2cc(-c3cccc(-c4cccc(-c5cccc6c5nc(-c5cccc7ccccc57)c5sc7ccccc7c56)c4)c3)cc(-c3ccccn3)n2)nc1. The monoisotopic (exact) mass is 744 g/mol. The molecule has 0 radical (unpaired) electrons. The fourth-order valence-electron chi connectivity index (χ4n) is 8.09. The van der Waals surface area contributed by atoms with Crippen LogP contribution in [0.3, 0.4) is 0 Å². The highest BCUT2D eigenvalue weighted by Crippen LogP contribution is 2.46. The van der Waals surface area contributed by atoms with Crippen molar-refractivity contribution < 1.29 is 0 Å². The zero-order valence-electron chi connectivity index (χ0n) is 30.7. The second kappa shape index (κ2) is 13.7. The lowest BCUT2D eigenvalue weighted by molar-refractivity contribution is 1.22. The van der Waals surface area contributed by atoms with Gasteiger partial charge in [0.15, 0.2) is 0 Å². The van der Waals surface area contributed by atoms with Crippen LogP contribution in [-0.4, -0.2) is 19.9 Å². The Balaban J connectivity index is 1.07. The lowest BCUT2D eigenvalue weighted by Crippen LogP contribution is -1.94. The lowest BCUT2D eigenvalue weighted by atomic mass is 9.93. The molecular weight excluding hydrogens is 713 g/mol. The van der Waals surface area contributed by atoms with Gasteiger partial charge in [0.2, 0.25) is 0 Å². The van der Waals surface area contributed by atoms with E-state index in [1.807, 2.05) is 47.7 Å². The first-order valence-electron chi connectivity index (χ1n) is 19.0. The molecule has 0 spiro atoms. The highest BCUT2D eigenvalue weighted by atomic mass is 32.1. The highest BCUT2D eigenvalue weighted by Gasteiger charge is 2.20. The van der Waals surface area contributed by atoms with Crippen LogP contribution >= 0.6 is 11.3 Å². The van der Waals surface area contributed by atoms with Crippen LogP contribution in [0.5, 0.6) is 0 Å². The Labute approximate surface area is 333 Å². The van der Waals surface area contributed by atoms with Crippen molar-refractivity contribution in [3.8, 4) is 67.4 Å². The van der Waals surface area contributed by atoms with E-state index in [1.54, 1.807) is 12.4 Å². The molecule has 4 nitrogen and oxygen atoms in total. The van der Waals surface area contributed by atoms with Gasteiger partial charge in [0, 0.05) is 44.4 Å². The summed E-state index contributed by atoms with van der Waals surface area (Å²) in [5.74, 6) is 0. The summed E-state index contributed by atoms with van der Waals surface area (Å²) >= 11 is 1.83. The molecule has 5 aromatic heterocycles. The standard InChI is InChI=1S/C52H32N4S/c1-2-19-39-33(13-1)14-11-22-41(39)51-52-49(42-20-3-4-26-48(42)57-52)43-23-12-21-40(50(43)56-51)37-18-10-16-35(30-37)34-15-9-17-36(29-34)38-31-46(44-24-5-7-27-53-44)55-47(32-38)45-25-6-8-28-54-45/h1-32H. The first-order valence-corrected chi connectivity index (χ1v) is 19.9. The maximum absolute atomic E-state index is 5.61. The van der Waals surface area contributed by atoms with Crippen molar-refractivity contribution in [2.75, 3.05) is 0 Å². The van der Waals surface area contributed by atoms with Crippen LogP contribution in [-0.2, 0) is 0 Å². The molecule has 0 aliphatic rings. The Morgan fingerprint density at radius 3 is 1.67 bits per heavy atom. The van der Waals surface area contributed by atoms with Gasteiger partial charge in [-0.1, -0.05) is 127 Å². The molecule has 0 amide bonds. The zero-order chi connectivity index (χ0) is 37.7. The van der Waals surface area contributed by atoms with Crippen LogP contribution in [0, 0.1) is 0 Å². The number of aromatic nitrogens is 4. The number of nitrogens with zero attached hydrogens (tertiary/aromatic N) is 4. The van der Waals surface area contributed by atoms with Gasteiger partial charge in [-0.2, -0.15) is 0 Å².